The van der Waals surface area contributed by atoms with Crippen LogP contribution < -0.4 is 10.1 Å². The lowest BCUT2D eigenvalue weighted by Crippen LogP contribution is -2.46. The molecule has 1 heterocycles. The maximum Gasteiger partial charge on any atom is 0.118 e. The number of aliphatic hydroxyl groups is 1. The summed E-state index contributed by atoms with van der Waals surface area (Å²) in [6.07, 6.45) is 0. The molecule has 0 aliphatic carbocycles. The highest BCUT2D eigenvalue weighted by atomic mass is 35.5. The highest BCUT2D eigenvalue weighted by molar-refractivity contribution is 5.85. The molecule has 1 aliphatic heterocycles. The highest BCUT2D eigenvalue weighted by Crippen LogP contribution is 2.22. The molecule has 0 bridgehead atoms. The molecule has 18 heavy (non-hydrogen) atoms. The minimum absolute atomic E-state index is 0. The number of nitrogens with zero attached hydrogens (tertiary/aromatic N) is 1. The first-order chi connectivity index (χ1) is 8.35. The highest BCUT2D eigenvalue weighted by Gasteiger charge is 2.21. The quantitative estimate of drug-likeness (QED) is 0.860. The molecule has 2 N–H and O–H groups in total. The van der Waals surface area contributed by atoms with Crippen LogP contribution in [-0.4, -0.2) is 49.9 Å². The van der Waals surface area contributed by atoms with Crippen molar-refractivity contribution in [3.8, 4) is 5.75 Å². The molecule has 0 spiro atoms. The van der Waals surface area contributed by atoms with E-state index in [1.165, 1.54) is 0 Å². The third kappa shape index (κ3) is 3.59. The van der Waals surface area contributed by atoms with Gasteiger partial charge in [0.2, 0.25) is 0 Å². The fourth-order valence-corrected chi connectivity index (χ4v) is 2.25. The first kappa shape index (κ1) is 15.2. The summed E-state index contributed by atoms with van der Waals surface area (Å²) in [5, 5.41) is 12.9. The molecule has 0 unspecified atom stereocenters. The first-order valence-corrected chi connectivity index (χ1v) is 6.04. The maximum atomic E-state index is 9.56. The van der Waals surface area contributed by atoms with E-state index in [-0.39, 0.29) is 25.1 Å². The number of halogens is 1. The van der Waals surface area contributed by atoms with Crippen LogP contribution in [0, 0.1) is 0 Å². The third-order valence-electron chi connectivity index (χ3n) is 3.27. The van der Waals surface area contributed by atoms with Gasteiger partial charge in [-0.2, -0.15) is 0 Å². The third-order valence-corrected chi connectivity index (χ3v) is 3.27. The lowest BCUT2D eigenvalue weighted by atomic mass is 10.1. The van der Waals surface area contributed by atoms with Crippen molar-refractivity contribution < 1.29 is 9.84 Å². The van der Waals surface area contributed by atoms with Crippen LogP contribution in [0.1, 0.15) is 11.6 Å². The van der Waals surface area contributed by atoms with Gasteiger partial charge in [0, 0.05) is 26.2 Å². The minimum Gasteiger partial charge on any atom is -0.497 e. The van der Waals surface area contributed by atoms with Crippen LogP contribution in [0.5, 0.6) is 5.75 Å². The number of piperazine rings is 1. The summed E-state index contributed by atoms with van der Waals surface area (Å²) >= 11 is 0. The van der Waals surface area contributed by atoms with Crippen LogP contribution in [0.25, 0.3) is 0 Å². The molecule has 1 aromatic rings. The van der Waals surface area contributed by atoms with Crippen LogP contribution in [0.15, 0.2) is 24.3 Å². The largest absolute Gasteiger partial charge is 0.497 e. The maximum absolute atomic E-state index is 9.56. The molecule has 102 valence electrons. The van der Waals surface area contributed by atoms with Crippen LogP contribution >= 0.6 is 12.4 Å². The first-order valence-electron chi connectivity index (χ1n) is 6.04. The van der Waals surface area contributed by atoms with E-state index in [9.17, 15) is 5.11 Å². The van der Waals surface area contributed by atoms with Crippen molar-refractivity contribution in [3.63, 3.8) is 0 Å². The summed E-state index contributed by atoms with van der Waals surface area (Å²) in [5.74, 6) is 0.853. The van der Waals surface area contributed by atoms with Crippen molar-refractivity contribution in [1.82, 2.24) is 10.2 Å². The Hall–Kier alpha value is -0.810. The Morgan fingerprint density at radius 2 is 1.89 bits per heavy atom. The predicted molar refractivity (Wildman–Crippen MR) is 74.5 cm³/mol. The number of rotatable bonds is 4. The fourth-order valence-electron chi connectivity index (χ4n) is 2.25. The average Bonchev–Trinajstić information content (AvgIpc) is 2.42. The van der Waals surface area contributed by atoms with Gasteiger partial charge in [-0.05, 0) is 17.7 Å². The average molecular weight is 273 g/mol. The van der Waals surface area contributed by atoms with E-state index in [0.29, 0.717) is 0 Å². The van der Waals surface area contributed by atoms with Gasteiger partial charge in [0.1, 0.15) is 5.75 Å². The van der Waals surface area contributed by atoms with E-state index >= 15 is 0 Å². The smallest absolute Gasteiger partial charge is 0.118 e. The number of nitrogens with one attached hydrogen (secondary N) is 1. The monoisotopic (exact) mass is 272 g/mol. The Morgan fingerprint density at radius 1 is 1.28 bits per heavy atom. The number of methoxy groups -OCH3 is 1. The number of ether oxygens (including phenoxy) is 1. The Balaban J connectivity index is 0.00000162. The van der Waals surface area contributed by atoms with E-state index in [0.717, 1.165) is 37.5 Å². The summed E-state index contributed by atoms with van der Waals surface area (Å²) in [7, 11) is 1.66. The van der Waals surface area contributed by atoms with Gasteiger partial charge >= 0.3 is 0 Å². The van der Waals surface area contributed by atoms with E-state index in [1.54, 1.807) is 7.11 Å². The van der Waals surface area contributed by atoms with Gasteiger partial charge < -0.3 is 15.2 Å². The molecule has 1 atom stereocenters. The summed E-state index contributed by atoms with van der Waals surface area (Å²) < 4.78 is 5.14. The van der Waals surface area contributed by atoms with Gasteiger partial charge in [-0.3, -0.25) is 4.90 Å². The van der Waals surface area contributed by atoms with Crippen molar-refractivity contribution in [2.24, 2.45) is 0 Å². The molecular weight excluding hydrogens is 252 g/mol. The molecule has 0 amide bonds. The van der Waals surface area contributed by atoms with E-state index in [4.69, 9.17) is 4.74 Å². The van der Waals surface area contributed by atoms with Gasteiger partial charge in [0.05, 0.1) is 19.8 Å². The Kier molecular flexibility index (Phi) is 6.43. The Labute approximate surface area is 114 Å². The molecule has 0 radical (unpaired) electrons. The molecule has 0 saturated carbocycles. The molecule has 1 fully saturated rings. The molecule has 1 aliphatic rings. The van der Waals surface area contributed by atoms with Gasteiger partial charge in [-0.25, -0.2) is 0 Å². The van der Waals surface area contributed by atoms with Crippen LogP contribution in [-0.2, 0) is 0 Å². The topological polar surface area (TPSA) is 44.7 Å². The Bertz CT molecular complexity index is 339. The van der Waals surface area contributed by atoms with E-state index < -0.39 is 0 Å². The van der Waals surface area contributed by atoms with Gasteiger partial charge in [-0.1, -0.05) is 12.1 Å². The number of hydrogen-bond acceptors (Lipinski definition) is 4. The SMILES string of the molecule is COc1ccc([C@@H](CO)N2CCNCC2)cc1.Cl. The van der Waals surface area contributed by atoms with Crippen molar-refractivity contribution in [3.05, 3.63) is 29.8 Å². The molecule has 1 aromatic carbocycles. The molecular formula is C13H21ClN2O2. The van der Waals surface area contributed by atoms with Crippen molar-refractivity contribution in [1.29, 1.82) is 0 Å². The summed E-state index contributed by atoms with van der Waals surface area (Å²) in [5.41, 5.74) is 1.15. The standard InChI is InChI=1S/C13H20N2O2.ClH/c1-17-12-4-2-11(3-5-12)13(10-16)15-8-6-14-7-9-15;/h2-5,13-14,16H,6-10H2,1H3;1H/t13-;/m1./s1. The fraction of sp³-hybridized carbons (Fsp3) is 0.538. The molecule has 5 heteroatoms. The van der Waals surface area contributed by atoms with Crippen molar-refractivity contribution >= 4 is 12.4 Å². The molecule has 1 saturated heterocycles. The van der Waals surface area contributed by atoms with Crippen LogP contribution in [0.3, 0.4) is 0 Å². The van der Waals surface area contributed by atoms with Crippen molar-refractivity contribution in [2.75, 3.05) is 39.9 Å². The molecule has 2 rings (SSSR count). The van der Waals surface area contributed by atoms with Gasteiger partial charge in [0.15, 0.2) is 0 Å². The van der Waals surface area contributed by atoms with E-state index in [1.807, 2.05) is 24.3 Å². The second-order valence-electron chi connectivity index (χ2n) is 4.26. The van der Waals surface area contributed by atoms with Gasteiger partial charge in [0.25, 0.3) is 0 Å². The van der Waals surface area contributed by atoms with Crippen LogP contribution in [0.4, 0.5) is 0 Å². The van der Waals surface area contributed by atoms with Gasteiger partial charge in [-0.15, -0.1) is 12.4 Å². The number of aliphatic hydroxyl groups excluding tert-OH is 1. The summed E-state index contributed by atoms with van der Waals surface area (Å²) in [6.45, 7) is 4.11. The predicted octanol–water partition coefficient (Wildman–Crippen LogP) is 1.06. The number of benzene rings is 1. The zero-order valence-corrected chi connectivity index (χ0v) is 11.4. The van der Waals surface area contributed by atoms with E-state index in [2.05, 4.69) is 10.2 Å². The zero-order chi connectivity index (χ0) is 12.1. The zero-order valence-electron chi connectivity index (χ0n) is 10.6. The molecule has 4 nitrogen and oxygen atoms in total. The lowest BCUT2D eigenvalue weighted by Gasteiger charge is -2.34. The van der Waals surface area contributed by atoms with Crippen molar-refractivity contribution in [2.45, 2.75) is 6.04 Å². The number of hydrogen-bond donors (Lipinski definition) is 2. The Morgan fingerprint density at radius 3 is 2.39 bits per heavy atom. The molecule has 0 aromatic heterocycles. The normalized spacial score (nSPS) is 17.9. The van der Waals surface area contributed by atoms with Crippen LogP contribution in [0.2, 0.25) is 0 Å². The lowest BCUT2D eigenvalue weighted by molar-refractivity contribution is 0.111. The summed E-state index contributed by atoms with van der Waals surface area (Å²) in [4.78, 5) is 2.32. The second-order valence-corrected chi connectivity index (χ2v) is 4.26. The summed E-state index contributed by atoms with van der Waals surface area (Å²) in [6, 6.07) is 8.05. The minimum atomic E-state index is 0. The second kappa shape index (κ2) is 7.59.